The summed E-state index contributed by atoms with van der Waals surface area (Å²) in [6.07, 6.45) is 3.23. The van der Waals surface area contributed by atoms with Gasteiger partial charge in [-0.2, -0.15) is 0 Å². The molecule has 180 valence electrons. The minimum Gasteiger partial charge on any atom is -0.487 e. The number of nitrogens with two attached hydrogens (primary N) is 1. The third-order valence-electron chi connectivity index (χ3n) is 5.50. The number of ether oxygens (including phenoxy) is 2. The second kappa shape index (κ2) is 12.5. The number of hydrogen-bond donors (Lipinski definition) is 3. The van der Waals surface area contributed by atoms with Crippen molar-refractivity contribution in [2.24, 2.45) is 5.73 Å². The van der Waals surface area contributed by atoms with E-state index in [0.29, 0.717) is 5.56 Å². The van der Waals surface area contributed by atoms with Crippen LogP contribution in [0.1, 0.15) is 61.8 Å². The first-order valence-corrected chi connectivity index (χ1v) is 10.9. The molecule has 6 nitrogen and oxygen atoms in total. The van der Waals surface area contributed by atoms with Crippen molar-refractivity contribution in [3.05, 3.63) is 64.7 Å². The Bertz CT molecular complexity index is 951. The van der Waals surface area contributed by atoms with E-state index in [9.17, 15) is 9.18 Å². The zero-order chi connectivity index (χ0) is 23.1. The highest BCUT2D eigenvalue weighted by atomic mass is 35.5. The molecule has 0 saturated heterocycles. The molecule has 1 aliphatic carbocycles. The molecule has 2 aromatic rings. The van der Waals surface area contributed by atoms with Crippen LogP contribution in [-0.4, -0.2) is 24.5 Å². The van der Waals surface area contributed by atoms with Crippen molar-refractivity contribution in [3.63, 3.8) is 0 Å². The van der Waals surface area contributed by atoms with Crippen molar-refractivity contribution in [1.29, 1.82) is 5.41 Å². The molecule has 1 atom stereocenters. The quantitative estimate of drug-likeness (QED) is 0.355. The summed E-state index contributed by atoms with van der Waals surface area (Å²) in [5, 5.41) is 10.1. The molecule has 1 fully saturated rings. The Morgan fingerprint density at radius 3 is 2.42 bits per heavy atom. The maximum absolute atomic E-state index is 15.2. The molecule has 0 aromatic heterocycles. The van der Waals surface area contributed by atoms with Gasteiger partial charge in [-0.3, -0.25) is 10.2 Å². The fraction of sp³-hybridized carbons (Fsp3) is 0.417. The van der Waals surface area contributed by atoms with Gasteiger partial charge in [-0.25, -0.2) is 8.78 Å². The van der Waals surface area contributed by atoms with E-state index in [1.54, 1.807) is 31.2 Å². The number of amidine groups is 1. The lowest BCUT2D eigenvalue weighted by molar-refractivity contribution is -0.133. The third-order valence-corrected chi connectivity index (χ3v) is 5.50. The summed E-state index contributed by atoms with van der Waals surface area (Å²) in [7, 11) is 0. The standard InChI is InChI=1S/C24H29F2N3O3.ClH/c1-2-31-22(24(30)29-14-15-8-10-16(11-9-15)23(27)28)20-18(25)12-13-19(21(20)26)32-17-6-4-3-5-7-17;/h8-13,17,22H,2-7,14H2,1H3,(H3,27,28)(H,29,30);1H. The van der Waals surface area contributed by atoms with Crippen molar-refractivity contribution in [2.75, 3.05) is 6.61 Å². The average Bonchev–Trinajstić information content (AvgIpc) is 2.80. The van der Waals surface area contributed by atoms with Gasteiger partial charge < -0.3 is 20.5 Å². The largest absolute Gasteiger partial charge is 0.487 e. The monoisotopic (exact) mass is 481 g/mol. The van der Waals surface area contributed by atoms with Gasteiger partial charge >= 0.3 is 0 Å². The van der Waals surface area contributed by atoms with Gasteiger partial charge in [-0.15, -0.1) is 12.4 Å². The number of rotatable bonds is 9. The van der Waals surface area contributed by atoms with E-state index in [-0.39, 0.29) is 43.2 Å². The number of benzene rings is 2. The Labute approximate surface area is 198 Å². The zero-order valence-corrected chi connectivity index (χ0v) is 19.4. The van der Waals surface area contributed by atoms with Crippen LogP contribution < -0.4 is 15.8 Å². The van der Waals surface area contributed by atoms with Crippen molar-refractivity contribution in [3.8, 4) is 5.75 Å². The molecular formula is C24H30ClF2N3O3. The highest BCUT2D eigenvalue weighted by Crippen LogP contribution is 2.32. The molecule has 1 aliphatic rings. The van der Waals surface area contributed by atoms with E-state index in [2.05, 4.69) is 5.32 Å². The van der Waals surface area contributed by atoms with Gasteiger partial charge in [0.2, 0.25) is 0 Å². The maximum atomic E-state index is 15.2. The first-order chi connectivity index (χ1) is 15.4. The molecule has 1 saturated carbocycles. The highest BCUT2D eigenvalue weighted by molar-refractivity contribution is 5.94. The van der Waals surface area contributed by atoms with E-state index in [0.717, 1.165) is 43.7 Å². The van der Waals surface area contributed by atoms with Crippen LogP contribution in [0.4, 0.5) is 8.78 Å². The Morgan fingerprint density at radius 1 is 1.15 bits per heavy atom. The van der Waals surface area contributed by atoms with Crippen LogP contribution in [0.25, 0.3) is 0 Å². The molecular weight excluding hydrogens is 452 g/mol. The Hall–Kier alpha value is -2.71. The molecule has 0 bridgehead atoms. The van der Waals surface area contributed by atoms with Crippen LogP contribution in [0.3, 0.4) is 0 Å². The van der Waals surface area contributed by atoms with Crippen LogP contribution in [0.2, 0.25) is 0 Å². The van der Waals surface area contributed by atoms with Crippen molar-refractivity contribution in [2.45, 2.75) is 57.8 Å². The normalized spacial score (nSPS) is 14.8. The van der Waals surface area contributed by atoms with Gasteiger partial charge in [0.15, 0.2) is 17.7 Å². The van der Waals surface area contributed by atoms with E-state index >= 15 is 4.39 Å². The lowest BCUT2D eigenvalue weighted by atomic mass is 9.97. The number of hydrogen-bond acceptors (Lipinski definition) is 4. The van der Waals surface area contributed by atoms with Crippen LogP contribution >= 0.6 is 12.4 Å². The van der Waals surface area contributed by atoms with Crippen LogP contribution in [0.15, 0.2) is 36.4 Å². The lowest BCUT2D eigenvalue weighted by Crippen LogP contribution is -2.32. The second-order valence-corrected chi connectivity index (χ2v) is 7.81. The number of halogens is 3. The Kier molecular flexibility index (Phi) is 10.1. The van der Waals surface area contributed by atoms with Gasteiger partial charge in [-0.05, 0) is 50.3 Å². The Balaban J connectivity index is 0.00000385. The van der Waals surface area contributed by atoms with Gasteiger partial charge in [0.05, 0.1) is 11.7 Å². The molecule has 33 heavy (non-hydrogen) atoms. The fourth-order valence-electron chi connectivity index (χ4n) is 3.78. The summed E-state index contributed by atoms with van der Waals surface area (Å²) in [5.74, 6) is -2.55. The highest BCUT2D eigenvalue weighted by Gasteiger charge is 2.30. The minimum atomic E-state index is -1.45. The smallest absolute Gasteiger partial charge is 0.254 e. The van der Waals surface area contributed by atoms with Crippen LogP contribution in [0, 0.1) is 17.0 Å². The van der Waals surface area contributed by atoms with Crippen LogP contribution in [-0.2, 0) is 16.1 Å². The van der Waals surface area contributed by atoms with Crippen molar-refractivity contribution in [1.82, 2.24) is 5.32 Å². The van der Waals surface area contributed by atoms with E-state index in [1.807, 2.05) is 0 Å². The molecule has 4 N–H and O–H groups in total. The zero-order valence-electron chi connectivity index (χ0n) is 18.5. The van der Waals surface area contributed by atoms with Gasteiger partial charge in [0.25, 0.3) is 5.91 Å². The molecule has 2 aromatic carbocycles. The van der Waals surface area contributed by atoms with E-state index in [1.165, 1.54) is 6.07 Å². The van der Waals surface area contributed by atoms with Gasteiger partial charge in [0.1, 0.15) is 11.7 Å². The molecule has 9 heteroatoms. The molecule has 1 unspecified atom stereocenters. The number of nitrogens with one attached hydrogen (secondary N) is 2. The number of carbonyl (C=O) groups is 1. The van der Waals surface area contributed by atoms with E-state index < -0.39 is 29.2 Å². The van der Waals surface area contributed by atoms with Gasteiger partial charge in [0, 0.05) is 18.7 Å². The second-order valence-electron chi connectivity index (χ2n) is 7.81. The fourth-order valence-corrected chi connectivity index (χ4v) is 3.78. The number of nitrogen functional groups attached to an aromatic ring is 1. The van der Waals surface area contributed by atoms with Crippen LogP contribution in [0.5, 0.6) is 5.75 Å². The van der Waals surface area contributed by atoms with Crippen molar-refractivity contribution >= 4 is 24.1 Å². The summed E-state index contributed by atoms with van der Waals surface area (Å²) < 4.78 is 41.1. The first kappa shape index (κ1) is 26.5. The lowest BCUT2D eigenvalue weighted by Gasteiger charge is -2.25. The predicted molar refractivity (Wildman–Crippen MR) is 125 cm³/mol. The summed E-state index contributed by atoms with van der Waals surface area (Å²) in [6.45, 7) is 1.87. The summed E-state index contributed by atoms with van der Waals surface area (Å²) >= 11 is 0. The average molecular weight is 482 g/mol. The molecule has 1 amide bonds. The number of amides is 1. The Morgan fingerprint density at radius 2 is 1.82 bits per heavy atom. The third kappa shape index (κ3) is 6.88. The topological polar surface area (TPSA) is 97.4 Å². The van der Waals surface area contributed by atoms with Crippen molar-refractivity contribution < 1.29 is 23.0 Å². The summed E-state index contributed by atoms with van der Waals surface area (Å²) in [6, 6.07) is 9.13. The first-order valence-electron chi connectivity index (χ1n) is 10.9. The molecule has 3 rings (SSSR count). The molecule has 0 radical (unpaired) electrons. The number of carbonyl (C=O) groups excluding carboxylic acids is 1. The summed E-state index contributed by atoms with van der Waals surface area (Å²) in [5.41, 5.74) is 6.29. The molecule has 0 spiro atoms. The SMILES string of the molecule is CCOC(C(=O)NCc1ccc(C(=N)N)cc1)c1c(F)ccc(OC2CCCCC2)c1F.Cl. The van der Waals surface area contributed by atoms with Gasteiger partial charge in [-0.1, -0.05) is 30.7 Å². The predicted octanol–water partition coefficient (Wildman–Crippen LogP) is 4.78. The molecule has 0 heterocycles. The van der Waals surface area contributed by atoms with E-state index in [4.69, 9.17) is 20.6 Å². The maximum Gasteiger partial charge on any atom is 0.254 e. The molecule has 0 aliphatic heterocycles. The summed E-state index contributed by atoms with van der Waals surface area (Å²) in [4.78, 5) is 12.8. The minimum absolute atomic E-state index is 0.